The number of benzene rings is 1. The molecule has 0 spiro atoms. The second-order valence-corrected chi connectivity index (χ2v) is 3.55. The third-order valence-electron chi connectivity index (χ3n) is 2.38. The Morgan fingerprint density at radius 1 is 1.67 bits per heavy atom. The molecule has 3 N–H and O–H groups in total. The zero-order valence-corrected chi connectivity index (χ0v) is 8.30. The quantitative estimate of drug-likeness (QED) is 0.659. The van der Waals surface area contributed by atoms with Gasteiger partial charge in [0.25, 0.3) is 0 Å². The standard InChI is InChI=1S/C10H12N2O3/c1-12-5-9(10(13)14)15-8-3-2-6(11)4-7(8)12/h2-4,9H,5,11H2,1H3,(H,13,14). The zero-order chi connectivity index (χ0) is 11.0. The van der Waals surface area contributed by atoms with Gasteiger partial charge in [-0.05, 0) is 18.2 Å². The fraction of sp³-hybridized carbons (Fsp3) is 0.300. The third kappa shape index (κ3) is 1.68. The number of fused-ring (bicyclic) bond motifs is 1. The maximum absolute atomic E-state index is 10.8. The maximum Gasteiger partial charge on any atom is 0.346 e. The monoisotopic (exact) mass is 208 g/mol. The molecule has 0 aliphatic carbocycles. The van der Waals surface area contributed by atoms with Gasteiger partial charge in [-0.1, -0.05) is 0 Å². The Kier molecular flexibility index (Phi) is 2.15. The number of likely N-dealkylation sites (N-methyl/N-ethyl adjacent to an activating group) is 1. The molecule has 1 aromatic carbocycles. The van der Waals surface area contributed by atoms with E-state index in [-0.39, 0.29) is 0 Å². The van der Waals surface area contributed by atoms with Crippen LogP contribution in [0.1, 0.15) is 0 Å². The van der Waals surface area contributed by atoms with Crippen LogP contribution in [0.3, 0.4) is 0 Å². The van der Waals surface area contributed by atoms with E-state index in [9.17, 15) is 4.79 Å². The Labute approximate surface area is 87.1 Å². The van der Waals surface area contributed by atoms with Crippen LogP contribution < -0.4 is 15.4 Å². The molecule has 0 amide bonds. The highest BCUT2D eigenvalue weighted by Crippen LogP contribution is 2.33. The Morgan fingerprint density at radius 2 is 2.40 bits per heavy atom. The summed E-state index contributed by atoms with van der Waals surface area (Å²) in [7, 11) is 1.82. The largest absolute Gasteiger partial charge is 0.478 e. The summed E-state index contributed by atoms with van der Waals surface area (Å²) in [5.74, 6) is -0.394. The summed E-state index contributed by atoms with van der Waals surface area (Å²) in [6.45, 7) is 0.325. The Hall–Kier alpha value is -1.91. The number of aliphatic carboxylic acids is 1. The van der Waals surface area contributed by atoms with Crippen LogP contribution in [0.2, 0.25) is 0 Å². The van der Waals surface area contributed by atoms with Crippen LogP contribution in [0.4, 0.5) is 11.4 Å². The number of carboxylic acid groups (broad SMARTS) is 1. The lowest BCUT2D eigenvalue weighted by Crippen LogP contribution is -2.42. The number of anilines is 2. The summed E-state index contributed by atoms with van der Waals surface area (Å²) in [6, 6.07) is 5.15. The fourth-order valence-electron chi connectivity index (χ4n) is 1.60. The van der Waals surface area contributed by atoms with Crippen LogP contribution in [-0.2, 0) is 4.79 Å². The molecule has 0 radical (unpaired) electrons. The van der Waals surface area contributed by atoms with E-state index in [1.165, 1.54) is 0 Å². The normalized spacial score (nSPS) is 19.3. The van der Waals surface area contributed by atoms with Gasteiger partial charge in [0, 0.05) is 12.7 Å². The van der Waals surface area contributed by atoms with Crippen molar-refractivity contribution in [1.82, 2.24) is 0 Å². The predicted molar refractivity (Wildman–Crippen MR) is 56.2 cm³/mol. The van der Waals surface area contributed by atoms with Crippen LogP contribution in [0.15, 0.2) is 18.2 Å². The number of nitrogens with two attached hydrogens (primary N) is 1. The van der Waals surface area contributed by atoms with Crippen LogP contribution >= 0.6 is 0 Å². The number of carbonyl (C=O) groups is 1. The van der Waals surface area contributed by atoms with E-state index in [4.69, 9.17) is 15.6 Å². The lowest BCUT2D eigenvalue weighted by Gasteiger charge is -2.31. The molecule has 5 heteroatoms. The van der Waals surface area contributed by atoms with E-state index in [0.717, 1.165) is 5.69 Å². The van der Waals surface area contributed by atoms with Crippen molar-refractivity contribution in [2.45, 2.75) is 6.10 Å². The van der Waals surface area contributed by atoms with Crippen LogP contribution in [0.5, 0.6) is 5.75 Å². The summed E-state index contributed by atoms with van der Waals surface area (Å²) < 4.78 is 5.32. The molecule has 15 heavy (non-hydrogen) atoms. The van der Waals surface area contributed by atoms with Gasteiger partial charge < -0.3 is 20.5 Å². The van der Waals surface area contributed by atoms with E-state index >= 15 is 0 Å². The van der Waals surface area contributed by atoms with E-state index in [2.05, 4.69) is 0 Å². The molecule has 1 aliphatic rings. The number of carboxylic acids is 1. The molecule has 1 aromatic rings. The lowest BCUT2D eigenvalue weighted by atomic mass is 10.2. The molecule has 1 atom stereocenters. The second-order valence-electron chi connectivity index (χ2n) is 3.55. The zero-order valence-electron chi connectivity index (χ0n) is 8.30. The topological polar surface area (TPSA) is 75.8 Å². The molecule has 0 bridgehead atoms. The molecule has 5 nitrogen and oxygen atoms in total. The van der Waals surface area contributed by atoms with Gasteiger partial charge in [0.2, 0.25) is 6.10 Å². The van der Waals surface area contributed by atoms with Gasteiger partial charge in [0.15, 0.2) is 0 Å². The van der Waals surface area contributed by atoms with Crippen molar-refractivity contribution in [3.8, 4) is 5.75 Å². The summed E-state index contributed by atoms with van der Waals surface area (Å²) >= 11 is 0. The van der Waals surface area contributed by atoms with E-state index in [0.29, 0.717) is 18.0 Å². The van der Waals surface area contributed by atoms with Gasteiger partial charge in [0.1, 0.15) is 5.75 Å². The first-order chi connectivity index (χ1) is 7.08. The Bertz CT molecular complexity index is 406. The molecular formula is C10H12N2O3. The molecule has 1 aliphatic heterocycles. The summed E-state index contributed by atoms with van der Waals surface area (Å²) in [6.07, 6.45) is -0.814. The van der Waals surface area contributed by atoms with Crippen molar-refractivity contribution in [2.24, 2.45) is 0 Å². The summed E-state index contributed by atoms with van der Waals surface area (Å²) in [4.78, 5) is 12.6. The number of hydrogen-bond donors (Lipinski definition) is 2. The van der Waals surface area contributed by atoms with Crippen molar-refractivity contribution >= 4 is 17.3 Å². The third-order valence-corrected chi connectivity index (χ3v) is 2.38. The minimum atomic E-state index is -0.954. The molecule has 0 aromatic heterocycles. The number of nitrogen functional groups attached to an aromatic ring is 1. The van der Waals surface area contributed by atoms with Crippen LogP contribution in [0.25, 0.3) is 0 Å². The summed E-state index contributed by atoms with van der Waals surface area (Å²) in [5, 5.41) is 8.86. The van der Waals surface area contributed by atoms with Gasteiger partial charge in [0.05, 0.1) is 12.2 Å². The van der Waals surface area contributed by atoms with Crippen molar-refractivity contribution < 1.29 is 14.6 Å². The highest BCUT2D eigenvalue weighted by molar-refractivity contribution is 5.77. The first-order valence-corrected chi connectivity index (χ1v) is 4.58. The smallest absolute Gasteiger partial charge is 0.346 e. The minimum Gasteiger partial charge on any atom is -0.478 e. The average molecular weight is 208 g/mol. The molecule has 0 saturated heterocycles. The number of rotatable bonds is 1. The predicted octanol–water partition coefficient (Wildman–Crippen LogP) is 0.551. The lowest BCUT2D eigenvalue weighted by molar-refractivity contribution is -0.144. The highest BCUT2D eigenvalue weighted by Gasteiger charge is 2.28. The summed E-state index contributed by atoms with van der Waals surface area (Å²) in [5.41, 5.74) is 7.10. The van der Waals surface area contributed by atoms with Gasteiger partial charge >= 0.3 is 5.97 Å². The molecule has 1 heterocycles. The Morgan fingerprint density at radius 3 is 3.07 bits per heavy atom. The van der Waals surface area contributed by atoms with Crippen molar-refractivity contribution in [1.29, 1.82) is 0 Å². The molecule has 1 unspecified atom stereocenters. The highest BCUT2D eigenvalue weighted by atomic mass is 16.5. The fourth-order valence-corrected chi connectivity index (χ4v) is 1.60. The van der Waals surface area contributed by atoms with E-state index in [1.54, 1.807) is 18.2 Å². The van der Waals surface area contributed by atoms with Gasteiger partial charge in [-0.15, -0.1) is 0 Å². The second kappa shape index (κ2) is 3.34. The van der Waals surface area contributed by atoms with Gasteiger partial charge in [-0.25, -0.2) is 4.79 Å². The SMILES string of the molecule is CN1CC(C(=O)O)Oc2ccc(N)cc21. The number of ether oxygens (including phenoxy) is 1. The molecular weight excluding hydrogens is 196 g/mol. The van der Waals surface area contributed by atoms with Crippen LogP contribution in [0, 0.1) is 0 Å². The Balaban J connectivity index is 2.36. The van der Waals surface area contributed by atoms with Crippen molar-refractivity contribution in [2.75, 3.05) is 24.2 Å². The van der Waals surface area contributed by atoms with Gasteiger partial charge in [-0.2, -0.15) is 0 Å². The molecule has 0 fully saturated rings. The van der Waals surface area contributed by atoms with E-state index in [1.807, 2.05) is 11.9 Å². The van der Waals surface area contributed by atoms with Gasteiger partial charge in [-0.3, -0.25) is 0 Å². The first-order valence-electron chi connectivity index (χ1n) is 4.58. The average Bonchev–Trinajstić information content (AvgIpc) is 2.18. The molecule has 0 saturated carbocycles. The first kappa shape index (κ1) is 9.64. The number of nitrogens with zero attached hydrogens (tertiary/aromatic N) is 1. The van der Waals surface area contributed by atoms with Crippen molar-refractivity contribution in [3.05, 3.63) is 18.2 Å². The van der Waals surface area contributed by atoms with E-state index < -0.39 is 12.1 Å². The number of hydrogen-bond acceptors (Lipinski definition) is 4. The van der Waals surface area contributed by atoms with Crippen LogP contribution in [-0.4, -0.2) is 30.8 Å². The molecule has 2 rings (SSSR count). The minimum absolute atomic E-state index is 0.325. The van der Waals surface area contributed by atoms with Crippen molar-refractivity contribution in [3.63, 3.8) is 0 Å². The maximum atomic E-state index is 10.8. The molecule has 80 valence electrons.